The van der Waals surface area contributed by atoms with Gasteiger partial charge in [-0.2, -0.15) is 4.57 Å². The average Bonchev–Trinajstić information content (AvgIpc) is 3.04. The van der Waals surface area contributed by atoms with Gasteiger partial charge in [0.15, 0.2) is 0 Å². The summed E-state index contributed by atoms with van der Waals surface area (Å²) in [5.74, 6) is 2.62. The van der Waals surface area contributed by atoms with Crippen molar-refractivity contribution in [2.24, 2.45) is 13.0 Å². The van der Waals surface area contributed by atoms with Crippen LogP contribution in [0.2, 0.25) is 0 Å². The molecule has 0 aliphatic carbocycles. The lowest BCUT2D eigenvalue weighted by Gasteiger charge is -2.22. The van der Waals surface area contributed by atoms with Crippen molar-refractivity contribution in [2.75, 3.05) is 0 Å². The predicted octanol–water partition coefficient (Wildman–Crippen LogP) is 6.16. The SMILES string of the molecule is Cc1ccc2scc3c2c1-c1c(c(CC(C)C)c2ccccc2[n+]1C)O3. The summed E-state index contributed by atoms with van der Waals surface area (Å²) in [7, 11) is 2.17. The number of fused-ring (bicyclic) bond motifs is 3. The van der Waals surface area contributed by atoms with E-state index in [1.807, 2.05) is 0 Å². The highest BCUT2D eigenvalue weighted by molar-refractivity contribution is 7.17. The normalized spacial score (nSPS) is 12.7. The number of thiophene rings is 1. The molecule has 0 radical (unpaired) electrons. The Balaban J connectivity index is 1.98. The summed E-state index contributed by atoms with van der Waals surface area (Å²) in [6.07, 6.45) is 1.01. The zero-order valence-corrected chi connectivity index (χ0v) is 16.4. The Bertz CT molecular complexity index is 1190. The van der Waals surface area contributed by atoms with E-state index in [0.29, 0.717) is 5.92 Å². The first kappa shape index (κ1) is 15.8. The summed E-state index contributed by atoms with van der Waals surface area (Å²) in [5.41, 5.74) is 6.45. The van der Waals surface area contributed by atoms with Crippen LogP contribution in [0.25, 0.3) is 32.2 Å². The Hall–Kier alpha value is -2.39. The van der Waals surface area contributed by atoms with Crippen LogP contribution in [0.4, 0.5) is 0 Å². The first-order chi connectivity index (χ1) is 12.6. The zero-order chi connectivity index (χ0) is 18.0. The van der Waals surface area contributed by atoms with Crippen LogP contribution in [0.1, 0.15) is 25.0 Å². The van der Waals surface area contributed by atoms with Gasteiger partial charge in [0, 0.05) is 27.1 Å². The molecule has 0 saturated carbocycles. The molecule has 3 heterocycles. The summed E-state index contributed by atoms with van der Waals surface area (Å²) in [6.45, 7) is 6.76. The minimum Gasteiger partial charge on any atom is -0.448 e. The van der Waals surface area contributed by atoms with Gasteiger partial charge in [0.25, 0.3) is 5.69 Å². The summed E-state index contributed by atoms with van der Waals surface area (Å²) < 4.78 is 10.2. The molecular weight excluding hydrogens is 338 g/mol. The fourth-order valence-electron chi connectivity index (χ4n) is 4.26. The van der Waals surface area contributed by atoms with E-state index in [9.17, 15) is 0 Å². The predicted molar refractivity (Wildman–Crippen MR) is 109 cm³/mol. The van der Waals surface area contributed by atoms with Crippen molar-refractivity contribution in [3.05, 3.63) is 52.9 Å². The van der Waals surface area contributed by atoms with Crippen LogP contribution in [0, 0.1) is 12.8 Å². The van der Waals surface area contributed by atoms with Crippen molar-refractivity contribution < 1.29 is 9.30 Å². The molecule has 5 rings (SSSR count). The summed E-state index contributed by atoms with van der Waals surface area (Å²) in [6, 6.07) is 13.2. The van der Waals surface area contributed by atoms with Crippen LogP contribution in [0.15, 0.2) is 41.8 Å². The molecule has 1 aliphatic heterocycles. The largest absolute Gasteiger partial charge is 0.448 e. The van der Waals surface area contributed by atoms with Crippen LogP contribution in [-0.4, -0.2) is 0 Å². The number of nitrogens with zero attached hydrogens (tertiary/aromatic N) is 1. The van der Waals surface area contributed by atoms with Gasteiger partial charge in [-0.3, -0.25) is 0 Å². The molecule has 4 aromatic rings. The van der Waals surface area contributed by atoms with Gasteiger partial charge >= 0.3 is 0 Å². The Kier molecular flexibility index (Phi) is 3.38. The molecule has 0 fully saturated rings. The second-order valence-electron chi connectivity index (χ2n) is 7.66. The van der Waals surface area contributed by atoms with Crippen LogP contribution >= 0.6 is 11.3 Å². The maximum Gasteiger partial charge on any atom is 0.257 e. The van der Waals surface area contributed by atoms with Crippen molar-refractivity contribution in [3.63, 3.8) is 0 Å². The molecule has 0 N–H and O–H groups in total. The van der Waals surface area contributed by atoms with Gasteiger partial charge in [0.05, 0.1) is 10.9 Å². The fraction of sp³-hybridized carbons (Fsp3) is 0.261. The molecule has 130 valence electrons. The number of hydrogen-bond acceptors (Lipinski definition) is 2. The third kappa shape index (κ3) is 2.07. The summed E-state index contributed by atoms with van der Waals surface area (Å²) in [4.78, 5) is 0. The maximum atomic E-state index is 6.56. The van der Waals surface area contributed by atoms with Gasteiger partial charge in [-0.15, -0.1) is 11.3 Å². The van der Waals surface area contributed by atoms with E-state index >= 15 is 0 Å². The molecular formula is C23H22NOS+. The minimum atomic E-state index is 0.569. The second kappa shape index (κ2) is 5.55. The second-order valence-corrected chi connectivity index (χ2v) is 8.57. The zero-order valence-electron chi connectivity index (χ0n) is 15.6. The molecule has 0 amide bonds. The molecule has 26 heavy (non-hydrogen) atoms. The summed E-state index contributed by atoms with van der Waals surface area (Å²) in [5, 5.41) is 4.72. The van der Waals surface area contributed by atoms with Crippen LogP contribution in [0.3, 0.4) is 0 Å². The smallest absolute Gasteiger partial charge is 0.257 e. The molecule has 0 atom stereocenters. The highest BCUT2D eigenvalue weighted by atomic mass is 32.1. The number of aromatic nitrogens is 1. The Labute approximate surface area is 157 Å². The minimum absolute atomic E-state index is 0.569. The van der Waals surface area contributed by atoms with E-state index in [1.54, 1.807) is 11.3 Å². The van der Waals surface area contributed by atoms with Crippen molar-refractivity contribution >= 4 is 32.3 Å². The molecule has 0 bridgehead atoms. The van der Waals surface area contributed by atoms with E-state index in [0.717, 1.165) is 17.9 Å². The number of aryl methyl sites for hydroxylation is 2. The first-order valence-electron chi connectivity index (χ1n) is 9.19. The van der Waals surface area contributed by atoms with Gasteiger partial charge < -0.3 is 4.74 Å². The standard InChI is InChI=1S/C23H22NOS/c1-13(2)11-16-15-7-5-6-8-17(15)24(4)22-20-14(3)9-10-19-21(20)18(12-26-19)25-23(16)22/h5-10,12-13H,11H2,1-4H3/q+1. The Morgan fingerprint density at radius 2 is 1.92 bits per heavy atom. The van der Waals surface area contributed by atoms with E-state index in [-0.39, 0.29) is 0 Å². The third-order valence-electron chi connectivity index (χ3n) is 5.39. The lowest BCUT2D eigenvalue weighted by molar-refractivity contribution is -0.633. The molecule has 0 spiro atoms. The number of pyridine rings is 1. The highest BCUT2D eigenvalue weighted by Crippen LogP contribution is 2.51. The van der Waals surface area contributed by atoms with Gasteiger partial charge in [-0.05, 0) is 37.0 Å². The van der Waals surface area contributed by atoms with Crippen LogP contribution in [-0.2, 0) is 13.5 Å². The molecule has 2 aromatic heterocycles. The monoisotopic (exact) mass is 360 g/mol. The quantitative estimate of drug-likeness (QED) is 0.344. The maximum absolute atomic E-state index is 6.56. The van der Waals surface area contributed by atoms with E-state index < -0.39 is 0 Å². The molecule has 0 saturated heterocycles. The van der Waals surface area contributed by atoms with Crippen molar-refractivity contribution in [3.8, 4) is 22.8 Å². The van der Waals surface area contributed by atoms with Gasteiger partial charge in [-0.25, -0.2) is 0 Å². The van der Waals surface area contributed by atoms with Crippen LogP contribution < -0.4 is 9.30 Å². The molecule has 2 aromatic carbocycles. The number of benzene rings is 2. The van der Waals surface area contributed by atoms with Crippen molar-refractivity contribution in [2.45, 2.75) is 27.2 Å². The van der Waals surface area contributed by atoms with E-state index in [4.69, 9.17) is 4.74 Å². The van der Waals surface area contributed by atoms with Crippen LogP contribution in [0.5, 0.6) is 11.5 Å². The van der Waals surface area contributed by atoms with E-state index in [2.05, 4.69) is 74.2 Å². The Morgan fingerprint density at radius 3 is 2.73 bits per heavy atom. The fourth-order valence-corrected chi connectivity index (χ4v) is 5.13. The lowest BCUT2D eigenvalue weighted by atomic mass is 9.91. The molecule has 3 heteroatoms. The average molecular weight is 361 g/mol. The van der Waals surface area contributed by atoms with Crippen molar-refractivity contribution in [1.82, 2.24) is 0 Å². The third-order valence-corrected chi connectivity index (χ3v) is 6.32. The topological polar surface area (TPSA) is 13.1 Å². The highest BCUT2D eigenvalue weighted by Gasteiger charge is 2.34. The van der Waals surface area contributed by atoms with Gasteiger partial charge in [0.1, 0.15) is 12.8 Å². The number of hydrogen-bond donors (Lipinski definition) is 0. The number of ether oxygens (including phenoxy) is 1. The van der Waals surface area contributed by atoms with E-state index in [1.165, 1.54) is 43.4 Å². The molecule has 1 aliphatic rings. The summed E-state index contributed by atoms with van der Waals surface area (Å²) >= 11 is 1.77. The molecule has 0 unspecified atom stereocenters. The van der Waals surface area contributed by atoms with Crippen molar-refractivity contribution in [1.29, 1.82) is 0 Å². The molecule has 2 nitrogen and oxygen atoms in total. The van der Waals surface area contributed by atoms with Gasteiger partial charge in [-0.1, -0.05) is 32.0 Å². The number of rotatable bonds is 2. The first-order valence-corrected chi connectivity index (χ1v) is 10.1. The lowest BCUT2D eigenvalue weighted by Crippen LogP contribution is -2.34. The van der Waals surface area contributed by atoms with Gasteiger partial charge in [0.2, 0.25) is 11.3 Å². The number of para-hydroxylation sites is 1. The Morgan fingerprint density at radius 1 is 1.12 bits per heavy atom.